The van der Waals surface area contributed by atoms with Crippen molar-refractivity contribution in [2.75, 3.05) is 41.0 Å². The molecule has 0 aromatic heterocycles. The molecule has 0 rings (SSSR count). The van der Waals surface area contributed by atoms with Crippen LogP contribution in [0, 0.1) is 0 Å². The van der Waals surface area contributed by atoms with Gasteiger partial charge in [-0.25, -0.2) is 4.79 Å². The fraction of sp³-hybridized carbons (Fsp3) is 0.857. The number of carbonyl (C=O) groups is 3. The summed E-state index contributed by atoms with van der Waals surface area (Å²) in [5.41, 5.74) is 0. The number of rotatable bonds is 43. The minimum atomic E-state index is -0.875. The van der Waals surface area contributed by atoms with E-state index in [0.29, 0.717) is 19.3 Å². The molecule has 0 aliphatic rings. The van der Waals surface area contributed by atoms with Gasteiger partial charge in [0.2, 0.25) is 0 Å². The van der Waals surface area contributed by atoms with Crippen LogP contribution in [0.5, 0.6) is 0 Å². The molecule has 0 saturated carbocycles. The van der Waals surface area contributed by atoms with E-state index in [1.807, 2.05) is 21.1 Å². The molecule has 0 aliphatic carbocycles. The Labute approximate surface area is 351 Å². The first-order valence-corrected chi connectivity index (χ1v) is 23.9. The predicted octanol–water partition coefficient (Wildman–Crippen LogP) is 13.3. The molecule has 334 valence electrons. The maximum absolute atomic E-state index is 12.7. The van der Waals surface area contributed by atoms with Crippen molar-refractivity contribution in [2.24, 2.45) is 0 Å². The van der Waals surface area contributed by atoms with Crippen molar-refractivity contribution in [3.05, 3.63) is 24.3 Å². The topological polar surface area (TPSA) is 99.1 Å². The van der Waals surface area contributed by atoms with E-state index in [2.05, 4.69) is 38.2 Å². The first-order chi connectivity index (χ1) is 27.6. The molecule has 0 aromatic carbocycles. The number of allylic oxidation sites excluding steroid dienone is 4. The van der Waals surface area contributed by atoms with Crippen LogP contribution in [0.15, 0.2) is 24.3 Å². The molecule has 0 aromatic rings. The van der Waals surface area contributed by atoms with Gasteiger partial charge < -0.3 is 23.8 Å². The lowest BCUT2D eigenvalue weighted by molar-refractivity contribution is -0.887. The number of hydrogen-bond donors (Lipinski definition) is 1. The third kappa shape index (κ3) is 39.1. The van der Waals surface area contributed by atoms with Gasteiger partial charge in [0.1, 0.15) is 6.61 Å². The molecule has 0 bridgehead atoms. The van der Waals surface area contributed by atoms with E-state index >= 15 is 0 Å². The first-order valence-electron chi connectivity index (χ1n) is 23.9. The van der Waals surface area contributed by atoms with Gasteiger partial charge in [0, 0.05) is 19.3 Å². The van der Waals surface area contributed by atoms with Crippen LogP contribution in [0.2, 0.25) is 0 Å². The molecular formula is C49H92NO7+. The molecule has 8 heteroatoms. The van der Waals surface area contributed by atoms with Crippen LogP contribution in [0.1, 0.15) is 219 Å². The normalized spacial score (nSPS) is 13.1. The molecule has 8 nitrogen and oxygen atoms in total. The summed E-state index contributed by atoms with van der Waals surface area (Å²) in [6, 6.07) is -0.614. The highest BCUT2D eigenvalue weighted by Gasteiger charge is 2.31. The van der Waals surface area contributed by atoms with Gasteiger partial charge in [0.25, 0.3) is 0 Å². The van der Waals surface area contributed by atoms with Crippen molar-refractivity contribution in [1.82, 2.24) is 0 Å². The minimum absolute atomic E-state index is 0.0512. The summed E-state index contributed by atoms with van der Waals surface area (Å²) in [5.74, 6) is -1.47. The third-order valence-corrected chi connectivity index (χ3v) is 10.9. The van der Waals surface area contributed by atoms with Crippen LogP contribution in [-0.2, 0) is 28.6 Å². The number of quaternary nitrogens is 1. The number of carbonyl (C=O) groups excluding carboxylic acids is 2. The van der Waals surface area contributed by atoms with Crippen LogP contribution in [0.25, 0.3) is 0 Å². The van der Waals surface area contributed by atoms with Gasteiger partial charge in [-0.1, -0.05) is 186 Å². The highest BCUT2D eigenvalue weighted by Crippen LogP contribution is 2.16. The van der Waals surface area contributed by atoms with E-state index in [9.17, 15) is 19.5 Å². The third-order valence-electron chi connectivity index (χ3n) is 10.9. The Kier molecular flexibility index (Phi) is 39.0. The second kappa shape index (κ2) is 40.6. The molecule has 0 radical (unpaired) electrons. The van der Waals surface area contributed by atoms with Crippen LogP contribution < -0.4 is 0 Å². The molecule has 0 fully saturated rings. The summed E-state index contributed by atoms with van der Waals surface area (Å²) in [4.78, 5) is 37.0. The fourth-order valence-corrected chi connectivity index (χ4v) is 7.14. The van der Waals surface area contributed by atoms with Crippen molar-refractivity contribution in [1.29, 1.82) is 0 Å². The lowest BCUT2D eigenvalue weighted by Gasteiger charge is -2.31. The van der Waals surface area contributed by atoms with Gasteiger partial charge in [-0.2, -0.15) is 0 Å². The van der Waals surface area contributed by atoms with E-state index in [1.54, 1.807) is 0 Å². The number of ether oxygens (including phenoxy) is 3. The lowest BCUT2D eigenvalue weighted by Crippen LogP contribution is -2.50. The Bertz CT molecular complexity index is 989. The smallest absolute Gasteiger partial charge is 0.362 e. The quantitative estimate of drug-likeness (QED) is 0.0283. The maximum Gasteiger partial charge on any atom is 0.362 e. The number of unbranched alkanes of at least 4 members (excludes halogenated alkanes) is 26. The standard InChI is InChI=1S/C49H91NO7/c1-6-8-10-12-14-16-18-20-22-23-24-26-27-29-31-33-35-37-39-47(51)56-44-45(43-55-42-41-46(49(53)54)50(3,4)5)57-48(52)40-38-36-34-32-30-28-25-21-19-17-15-13-11-9-7-2/h15,17,19,21,45-46H,6-14,16,18,20,22-44H2,1-5H3/p+1/b17-15+,21-19+. The lowest BCUT2D eigenvalue weighted by atomic mass is 10.0. The van der Waals surface area contributed by atoms with Crippen LogP contribution in [0.3, 0.4) is 0 Å². The Morgan fingerprint density at radius 2 is 0.912 bits per heavy atom. The van der Waals surface area contributed by atoms with Crippen molar-refractivity contribution in [3.63, 3.8) is 0 Å². The SMILES string of the molecule is CCCCC/C=C/C=C/CCCCCCCCC(=O)OC(COCCC(C(=O)O)[N+](C)(C)C)COC(=O)CCCCCCCCCCCCCCCCCCCC. The zero-order valence-electron chi connectivity index (χ0n) is 38.1. The number of carboxylic acid groups (broad SMARTS) is 1. The average Bonchev–Trinajstić information content (AvgIpc) is 3.17. The monoisotopic (exact) mass is 807 g/mol. The zero-order valence-corrected chi connectivity index (χ0v) is 38.1. The molecule has 0 heterocycles. The summed E-state index contributed by atoms with van der Waals surface area (Å²) in [6.07, 6.45) is 45.0. The van der Waals surface area contributed by atoms with Gasteiger partial charge in [-0.15, -0.1) is 0 Å². The van der Waals surface area contributed by atoms with Crippen molar-refractivity contribution in [3.8, 4) is 0 Å². The molecule has 0 amide bonds. The summed E-state index contributed by atoms with van der Waals surface area (Å²) in [7, 11) is 5.53. The van der Waals surface area contributed by atoms with Crippen molar-refractivity contribution >= 4 is 17.9 Å². The van der Waals surface area contributed by atoms with Gasteiger partial charge in [-0.3, -0.25) is 9.59 Å². The average molecular weight is 807 g/mol. The Morgan fingerprint density at radius 1 is 0.526 bits per heavy atom. The van der Waals surface area contributed by atoms with Crippen LogP contribution in [-0.4, -0.2) is 80.6 Å². The van der Waals surface area contributed by atoms with Crippen LogP contribution >= 0.6 is 0 Å². The molecule has 2 unspecified atom stereocenters. The van der Waals surface area contributed by atoms with Gasteiger partial charge in [0.05, 0.1) is 34.4 Å². The van der Waals surface area contributed by atoms with Crippen molar-refractivity contribution < 1.29 is 38.2 Å². The second-order valence-corrected chi connectivity index (χ2v) is 17.4. The van der Waals surface area contributed by atoms with Crippen LogP contribution in [0.4, 0.5) is 0 Å². The number of nitrogens with zero attached hydrogens (tertiary/aromatic N) is 1. The van der Waals surface area contributed by atoms with E-state index < -0.39 is 18.1 Å². The van der Waals surface area contributed by atoms with E-state index in [1.165, 1.54) is 135 Å². The molecule has 1 N–H and O–H groups in total. The summed E-state index contributed by atoms with van der Waals surface area (Å²) >= 11 is 0. The molecule has 0 aliphatic heterocycles. The number of esters is 2. The minimum Gasteiger partial charge on any atom is -0.477 e. The summed E-state index contributed by atoms with van der Waals surface area (Å²) in [6.45, 7) is 4.72. The van der Waals surface area contributed by atoms with Gasteiger partial charge in [0.15, 0.2) is 12.1 Å². The highest BCUT2D eigenvalue weighted by atomic mass is 16.6. The van der Waals surface area contributed by atoms with Gasteiger partial charge >= 0.3 is 17.9 Å². The first kappa shape index (κ1) is 54.8. The number of aliphatic carboxylic acids is 1. The van der Waals surface area contributed by atoms with Crippen molar-refractivity contribution in [2.45, 2.75) is 231 Å². The summed E-state index contributed by atoms with van der Waals surface area (Å²) < 4.78 is 17.3. The Hall–Kier alpha value is -2.19. The molecule has 0 spiro atoms. The number of likely N-dealkylation sites (N-methyl/N-ethyl adjacent to an activating group) is 1. The molecular weight excluding hydrogens is 715 g/mol. The van der Waals surface area contributed by atoms with E-state index in [0.717, 1.165) is 51.4 Å². The van der Waals surface area contributed by atoms with E-state index in [-0.39, 0.29) is 36.2 Å². The number of carboxylic acids is 1. The molecule has 2 atom stereocenters. The van der Waals surface area contributed by atoms with E-state index in [4.69, 9.17) is 14.2 Å². The van der Waals surface area contributed by atoms with Gasteiger partial charge in [-0.05, 0) is 38.5 Å². The molecule has 0 saturated heterocycles. The zero-order chi connectivity index (χ0) is 42.1. The predicted molar refractivity (Wildman–Crippen MR) is 238 cm³/mol. The summed E-state index contributed by atoms with van der Waals surface area (Å²) in [5, 5.41) is 9.63. The Balaban J connectivity index is 4.27. The fourth-order valence-electron chi connectivity index (χ4n) is 7.14. The molecule has 57 heavy (non-hydrogen) atoms. The maximum atomic E-state index is 12.7. The highest BCUT2D eigenvalue weighted by molar-refractivity contribution is 5.72. The Morgan fingerprint density at radius 3 is 1.35 bits per heavy atom. The second-order valence-electron chi connectivity index (χ2n) is 17.4. The largest absolute Gasteiger partial charge is 0.477 e. The number of hydrogen-bond acceptors (Lipinski definition) is 6.